The molecule has 84 valence electrons. The first-order valence-electron chi connectivity index (χ1n) is 6.47. The maximum atomic E-state index is 3.76. The SMILES string of the molecule is CCCNC(C(CC)CC)C1CC1C. The molecule has 0 saturated heterocycles. The zero-order valence-corrected chi connectivity index (χ0v) is 10.3. The van der Waals surface area contributed by atoms with Crippen molar-refractivity contribution in [2.75, 3.05) is 6.54 Å². The Kier molecular flexibility index (Phi) is 4.94. The zero-order valence-electron chi connectivity index (χ0n) is 10.3. The average Bonchev–Trinajstić information content (AvgIpc) is 2.90. The third-order valence-corrected chi connectivity index (χ3v) is 3.82. The molecular weight excluding hydrogens is 170 g/mol. The van der Waals surface area contributed by atoms with Crippen LogP contribution in [-0.2, 0) is 0 Å². The molecule has 0 amide bonds. The van der Waals surface area contributed by atoms with Gasteiger partial charge in [-0.3, -0.25) is 0 Å². The smallest absolute Gasteiger partial charge is 0.0126 e. The highest BCUT2D eigenvalue weighted by Crippen LogP contribution is 2.43. The zero-order chi connectivity index (χ0) is 10.6. The van der Waals surface area contributed by atoms with E-state index >= 15 is 0 Å². The maximum Gasteiger partial charge on any atom is 0.0126 e. The predicted octanol–water partition coefficient (Wildman–Crippen LogP) is 3.45. The summed E-state index contributed by atoms with van der Waals surface area (Å²) in [6.45, 7) is 10.5. The van der Waals surface area contributed by atoms with Crippen LogP contribution in [0.4, 0.5) is 0 Å². The van der Waals surface area contributed by atoms with Gasteiger partial charge >= 0.3 is 0 Å². The van der Waals surface area contributed by atoms with Gasteiger partial charge in [0.2, 0.25) is 0 Å². The lowest BCUT2D eigenvalue weighted by atomic mass is 9.90. The molecule has 14 heavy (non-hydrogen) atoms. The Morgan fingerprint density at radius 2 is 1.79 bits per heavy atom. The minimum atomic E-state index is 0.806. The van der Waals surface area contributed by atoms with Gasteiger partial charge in [0.1, 0.15) is 0 Å². The third-order valence-electron chi connectivity index (χ3n) is 3.82. The molecule has 1 aliphatic carbocycles. The molecule has 1 heteroatoms. The predicted molar refractivity (Wildman–Crippen MR) is 63.4 cm³/mol. The van der Waals surface area contributed by atoms with Crippen LogP contribution in [0.5, 0.6) is 0 Å². The molecule has 1 nitrogen and oxygen atoms in total. The first-order valence-corrected chi connectivity index (χ1v) is 6.47. The van der Waals surface area contributed by atoms with E-state index in [0.29, 0.717) is 0 Å². The summed E-state index contributed by atoms with van der Waals surface area (Å²) in [5.74, 6) is 2.85. The Morgan fingerprint density at radius 1 is 1.21 bits per heavy atom. The Hall–Kier alpha value is -0.0400. The van der Waals surface area contributed by atoms with E-state index in [4.69, 9.17) is 0 Å². The molecule has 1 N–H and O–H groups in total. The van der Waals surface area contributed by atoms with E-state index in [1.807, 2.05) is 0 Å². The van der Waals surface area contributed by atoms with Crippen LogP contribution >= 0.6 is 0 Å². The monoisotopic (exact) mass is 197 g/mol. The van der Waals surface area contributed by atoms with Gasteiger partial charge in [0.15, 0.2) is 0 Å². The third kappa shape index (κ3) is 2.98. The van der Waals surface area contributed by atoms with E-state index in [1.165, 1.54) is 32.2 Å². The van der Waals surface area contributed by atoms with E-state index in [1.54, 1.807) is 0 Å². The van der Waals surface area contributed by atoms with Gasteiger partial charge < -0.3 is 5.32 Å². The van der Waals surface area contributed by atoms with Crippen LogP contribution in [-0.4, -0.2) is 12.6 Å². The van der Waals surface area contributed by atoms with Gasteiger partial charge in [-0.15, -0.1) is 0 Å². The van der Waals surface area contributed by atoms with Gasteiger partial charge in [-0.2, -0.15) is 0 Å². The minimum absolute atomic E-state index is 0.806. The fraction of sp³-hybridized carbons (Fsp3) is 1.00. The Balaban J connectivity index is 2.42. The highest BCUT2D eigenvalue weighted by molar-refractivity contribution is 4.95. The minimum Gasteiger partial charge on any atom is -0.313 e. The number of nitrogens with one attached hydrogen (secondary N) is 1. The van der Waals surface area contributed by atoms with Crippen LogP contribution in [0, 0.1) is 17.8 Å². The summed E-state index contributed by atoms with van der Waals surface area (Å²) in [5.41, 5.74) is 0. The highest BCUT2D eigenvalue weighted by atomic mass is 14.9. The second-order valence-electron chi connectivity index (χ2n) is 4.93. The van der Waals surface area contributed by atoms with E-state index in [9.17, 15) is 0 Å². The van der Waals surface area contributed by atoms with Crippen molar-refractivity contribution >= 4 is 0 Å². The lowest BCUT2D eigenvalue weighted by molar-refractivity contribution is 0.296. The topological polar surface area (TPSA) is 12.0 Å². The van der Waals surface area contributed by atoms with E-state index in [0.717, 1.165) is 23.8 Å². The van der Waals surface area contributed by atoms with Crippen molar-refractivity contribution in [2.24, 2.45) is 17.8 Å². The second-order valence-corrected chi connectivity index (χ2v) is 4.93. The molecule has 0 aromatic carbocycles. The largest absolute Gasteiger partial charge is 0.313 e. The summed E-state index contributed by atoms with van der Waals surface area (Å²) in [6, 6.07) is 0.806. The lowest BCUT2D eigenvalue weighted by Gasteiger charge is -2.27. The molecule has 0 spiro atoms. The van der Waals surface area contributed by atoms with Crippen molar-refractivity contribution in [3.63, 3.8) is 0 Å². The fourth-order valence-corrected chi connectivity index (χ4v) is 2.63. The summed E-state index contributed by atoms with van der Waals surface area (Å²) < 4.78 is 0. The standard InChI is InChI=1S/C13H27N/c1-5-8-14-13(11(6-2)7-3)12-9-10(12)4/h10-14H,5-9H2,1-4H3. The molecular formula is C13H27N. The summed E-state index contributed by atoms with van der Waals surface area (Å²) in [4.78, 5) is 0. The van der Waals surface area contributed by atoms with E-state index < -0.39 is 0 Å². The maximum absolute atomic E-state index is 3.76. The van der Waals surface area contributed by atoms with Crippen molar-refractivity contribution in [2.45, 2.75) is 59.4 Å². The molecule has 1 rings (SSSR count). The fourth-order valence-electron chi connectivity index (χ4n) is 2.63. The van der Waals surface area contributed by atoms with Crippen LogP contribution in [0.1, 0.15) is 53.4 Å². The molecule has 0 heterocycles. The van der Waals surface area contributed by atoms with Crippen molar-refractivity contribution < 1.29 is 0 Å². The number of rotatable bonds is 7. The molecule has 0 aromatic rings. The van der Waals surface area contributed by atoms with Gasteiger partial charge in [-0.1, -0.05) is 40.5 Å². The second kappa shape index (κ2) is 5.75. The van der Waals surface area contributed by atoms with Crippen LogP contribution in [0.25, 0.3) is 0 Å². The Labute approximate surface area is 89.7 Å². The highest BCUT2D eigenvalue weighted by Gasteiger charge is 2.41. The van der Waals surface area contributed by atoms with Crippen molar-refractivity contribution in [1.82, 2.24) is 5.32 Å². The summed E-state index contributed by atoms with van der Waals surface area (Å²) in [5, 5.41) is 3.76. The van der Waals surface area contributed by atoms with Crippen LogP contribution < -0.4 is 5.32 Å². The van der Waals surface area contributed by atoms with Gasteiger partial charge in [0, 0.05) is 6.04 Å². The Morgan fingerprint density at radius 3 is 2.14 bits per heavy atom. The van der Waals surface area contributed by atoms with Crippen molar-refractivity contribution in [3.05, 3.63) is 0 Å². The molecule has 1 fully saturated rings. The quantitative estimate of drug-likeness (QED) is 0.659. The van der Waals surface area contributed by atoms with E-state index in [2.05, 4.69) is 33.0 Å². The molecule has 3 unspecified atom stereocenters. The first-order chi connectivity index (χ1) is 6.74. The lowest BCUT2D eigenvalue weighted by Crippen LogP contribution is -2.38. The Bertz CT molecular complexity index is 151. The van der Waals surface area contributed by atoms with Crippen molar-refractivity contribution in [3.8, 4) is 0 Å². The van der Waals surface area contributed by atoms with Gasteiger partial charge in [-0.05, 0) is 37.1 Å². The number of hydrogen-bond donors (Lipinski definition) is 1. The normalized spacial score (nSPS) is 28.1. The molecule has 0 bridgehead atoms. The van der Waals surface area contributed by atoms with Crippen LogP contribution in [0.3, 0.4) is 0 Å². The summed E-state index contributed by atoms with van der Waals surface area (Å²) >= 11 is 0. The average molecular weight is 197 g/mol. The molecule has 1 aliphatic rings. The van der Waals surface area contributed by atoms with Gasteiger partial charge in [0.05, 0.1) is 0 Å². The summed E-state index contributed by atoms with van der Waals surface area (Å²) in [7, 11) is 0. The molecule has 0 aliphatic heterocycles. The number of hydrogen-bond acceptors (Lipinski definition) is 1. The van der Waals surface area contributed by atoms with Crippen LogP contribution in [0.15, 0.2) is 0 Å². The molecule has 0 radical (unpaired) electrons. The molecule has 0 aromatic heterocycles. The van der Waals surface area contributed by atoms with Crippen LogP contribution in [0.2, 0.25) is 0 Å². The van der Waals surface area contributed by atoms with Gasteiger partial charge in [-0.25, -0.2) is 0 Å². The van der Waals surface area contributed by atoms with E-state index in [-0.39, 0.29) is 0 Å². The van der Waals surface area contributed by atoms with Gasteiger partial charge in [0.25, 0.3) is 0 Å². The first kappa shape index (κ1) is 12.0. The molecule has 3 atom stereocenters. The summed E-state index contributed by atoms with van der Waals surface area (Å²) in [6.07, 6.45) is 5.39. The van der Waals surface area contributed by atoms with Crippen molar-refractivity contribution in [1.29, 1.82) is 0 Å². The molecule has 1 saturated carbocycles.